The number of nitrogens with zero attached hydrogens (tertiary/aromatic N) is 1. The van der Waals surface area contributed by atoms with Gasteiger partial charge in [0.15, 0.2) is 0 Å². The summed E-state index contributed by atoms with van der Waals surface area (Å²) in [5.74, 6) is 0.568. The number of para-hydroxylation sites is 1. The fraction of sp³-hybridized carbons (Fsp3) is 0.235. The smallest absolute Gasteiger partial charge is 0.310 e. The van der Waals surface area contributed by atoms with Crippen LogP contribution in [0, 0.1) is 0 Å². The van der Waals surface area contributed by atoms with Crippen LogP contribution < -0.4 is 9.05 Å². The van der Waals surface area contributed by atoms with Crippen LogP contribution in [0.2, 0.25) is 0 Å². The molecule has 1 N–H and O–H groups in total. The highest BCUT2D eigenvalue weighted by atomic mass is 31.2. The number of rotatable bonds is 7. The van der Waals surface area contributed by atoms with E-state index < -0.39 is 13.5 Å². The molecule has 0 aliphatic rings. The lowest BCUT2D eigenvalue weighted by Crippen LogP contribution is -2.00. The van der Waals surface area contributed by atoms with Crippen molar-refractivity contribution in [2.24, 2.45) is 4.74 Å². The van der Waals surface area contributed by atoms with Crippen molar-refractivity contribution in [2.75, 3.05) is 13.7 Å². The molecule has 0 spiro atoms. The molecule has 1 unspecified atom stereocenters. The summed E-state index contributed by atoms with van der Waals surface area (Å²) in [5, 5.41) is 8.71. The van der Waals surface area contributed by atoms with Crippen molar-refractivity contribution in [3.63, 3.8) is 0 Å². The van der Waals surface area contributed by atoms with Crippen LogP contribution in [0.5, 0.6) is 11.5 Å². The Morgan fingerprint density at radius 1 is 1.04 bits per heavy atom. The predicted molar refractivity (Wildman–Crippen MR) is 91.3 cm³/mol. The molecule has 2 aromatic carbocycles. The van der Waals surface area contributed by atoms with Gasteiger partial charge in [0, 0.05) is 20.1 Å². The third kappa shape index (κ3) is 5.46. The van der Waals surface area contributed by atoms with E-state index in [2.05, 4.69) is 4.74 Å². The lowest BCUT2D eigenvalue weighted by Gasteiger charge is -2.21. The van der Waals surface area contributed by atoms with E-state index in [9.17, 15) is 4.79 Å². The first-order valence-electron chi connectivity index (χ1n) is 7.23. The highest BCUT2D eigenvalue weighted by Crippen LogP contribution is 2.47. The van der Waals surface area contributed by atoms with E-state index in [-0.39, 0.29) is 6.42 Å². The molecular weight excluding hydrogens is 313 g/mol. The van der Waals surface area contributed by atoms with Gasteiger partial charge in [-0.3, -0.25) is 4.79 Å². The second-order valence-corrected chi connectivity index (χ2v) is 7.41. The van der Waals surface area contributed by atoms with Gasteiger partial charge < -0.3 is 14.2 Å². The quantitative estimate of drug-likeness (QED) is 0.760. The number of hydrogen-bond donors (Lipinski definition) is 1. The number of hydrogen-bond acceptors (Lipinski definition) is 4. The molecule has 0 saturated heterocycles. The molecule has 0 aliphatic carbocycles. The standard InChI is InChI=1S/C17H20NO4P/c1-18-23(2,21-15-6-4-3-5-7-15)22-16-11-8-14(9-12-16)10-13-17(19)20/h3-9,11-12H,10,13H2,1-2H3,(H,19,20). The molecule has 0 amide bonds. The lowest BCUT2D eigenvalue weighted by molar-refractivity contribution is -0.136. The zero-order valence-electron chi connectivity index (χ0n) is 13.2. The molecule has 5 nitrogen and oxygen atoms in total. The van der Waals surface area contributed by atoms with Crippen molar-refractivity contribution in [3.05, 3.63) is 60.2 Å². The van der Waals surface area contributed by atoms with E-state index in [1.165, 1.54) is 0 Å². The maximum atomic E-state index is 10.6. The van der Waals surface area contributed by atoms with Crippen LogP contribution in [0.3, 0.4) is 0 Å². The predicted octanol–water partition coefficient (Wildman–Crippen LogP) is 4.45. The number of benzene rings is 2. The van der Waals surface area contributed by atoms with E-state index in [0.29, 0.717) is 17.9 Å². The SMILES string of the molecule is CN=P(C)(Oc1ccccc1)Oc1ccc(CCC(=O)O)cc1. The van der Waals surface area contributed by atoms with Crippen molar-refractivity contribution >= 4 is 13.5 Å². The third-order valence-electron chi connectivity index (χ3n) is 3.21. The van der Waals surface area contributed by atoms with Crippen molar-refractivity contribution in [1.29, 1.82) is 0 Å². The Labute approximate surface area is 136 Å². The summed E-state index contributed by atoms with van der Waals surface area (Å²) >= 11 is 0. The van der Waals surface area contributed by atoms with Gasteiger partial charge in [-0.1, -0.05) is 30.3 Å². The van der Waals surface area contributed by atoms with Gasteiger partial charge in [-0.2, -0.15) is 0 Å². The highest BCUT2D eigenvalue weighted by Gasteiger charge is 2.17. The van der Waals surface area contributed by atoms with Crippen LogP contribution in [-0.2, 0) is 11.2 Å². The Morgan fingerprint density at radius 3 is 2.13 bits per heavy atom. The first-order chi connectivity index (χ1) is 11.0. The Kier molecular flexibility index (Phi) is 5.83. The fourth-order valence-corrected chi connectivity index (χ4v) is 3.17. The molecule has 0 radical (unpaired) electrons. The molecule has 0 aromatic heterocycles. The zero-order valence-corrected chi connectivity index (χ0v) is 14.1. The lowest BCUT2D eigenvalue weighted by atomic mass is 10.1. The minimum Gasteiger partial charge on any atom is -0.481 e. The van der Waals surface area contributed by atoms with Crippen LogP contribution in [0.1, 0.15) is 12.0 Å². The van der Waals surface area contributed by atoms with E-state index >= 15 is 0 Å². The van der Waals surface area contributed by atoms with Crippen LogP contribution in [0.25, 0.3) is 0 Å². The van der Waals surface area contributed by atoms with Gasteiger partial charge in [0.05, 0.1) is 0 Å². The van der Waals surface area contributed by atoms with Gasteiger partial charge in [-0.15, -0.1) is 0 Å². The summed E-state index contributed by atoms with van der Waals surface area (Å²) in [5.41, 5.74) is 0.956. The molecule has 0 bridgehead atoms. The maximum Gasteiger partial charge on any atom is 0.310 e. The molecular formula is C17H20NO4P. The molecule has 122 valence electrons. The first kappa shape index (κ1) is 17.1. The third-order valence-corrected chi connectivity index (χ3v) is 5.03. The Balaban J connectivity index is 2.05. The molecule has 2 rings (SSSR count). The molecule has 0 saturated carbocycles. The van der Waals surface area contributed by atoms with Gasteiger partial charge in [-0.25, -0.2) is 4.74 Å². The average Bonchev–Trinajstić information content (AvgIpc) is 2.55. The van der Waals surface area contributed by atoms with Crippen molar-refractivity contribution in [2.45, 2.75) is 12.8 Å². The normalized spacial score (nSPS) is 13.0. The summed E-state index contributed by atoms with van der Waals surface area (Å²) in [6.07, 6.45) is 0.618. The average molecular weight is 333 g/mol. The highest BCUT2D eigenvalue weighted by molar-refractivity contribution is 7.56. The Hall–Kier alpha value is -2.26. The number of carboxylic acid groups (broad SMARTS) is 1. The van der Waals surface area contributed by atoms with Gasteiger partial charge in [0.1, 0.15) is 11.5 Å². The van der Waals surface area contributed by atoms with Gasteiger partial charge in [-0.05, 0) is 36.2 Å². The van der Waals surface area contributed by atoms with Crippen LogP contribution in [0.15, 0.2) is 59.3 Å². The van der Waals surface area contributed by atoms with Crippen molar-refractivity contribution in [3.8, 4) is 11.5 Å². The minimum atomic E-state index is -2.41. The van der Waals surface area contributed by atoms with E-state index in [1.54, 1.807) is 7.05 Å². The van der Waals surface area contributed by atoms with Crippen LogP contribution in [0.4, 0.5) is 0 Å². The van der Waals surface area contributed by atoms with E-state index in [4.69, 9.17) is 14.2 Å². The summed E-state index contributed by atoms with van der Waals surface area (Å²) in [7, 11) is -0.731. The van der Waals surface area contributed by atoms with Crippen LogP contribution in [-0.4, -0.2) is 24.8 Å². The molecule has 2 aromatic rings. The van der Waals surface area contributed by atoms with Crippen LogP contribution >= 0.6 is 7.51 Å². The molecule has 1 atom stereocenters. The van der Waals surface area contributed by atoms with Crippen molar-refractivity contribution in [1.82, 2.24) is 0 Å². The summed E-state index contributed by atoms with van der Waals surface area (Å²) < 4.78 is 16.1. The van der Waals surface area contributed by atoms with E-state index in [1.807, 2.05) is 61.3 Å². The minimum absolute atomic E-state index is 0.117. The number of aryl methyl sites for hydroxylation is 1. The molecule has 6 heteroatoms. The summed E-state index contributed by atoms with van der Waals surface area (Å²) in [6, 6.07) is 16.8. The van der Waals surface area contributed by atoms with Gasteiger partial charge >= 0.3 is 13.5 Å². The Morgan fingerprint density at radius 2 is 1.61 bits per heavy atom. The van der Waals surface area contributed by atoms with Gasteiger partial charge in [0.25, 0.3) is 0 Å². The zero-order chi connectivity index (χ0) is 16.7. The van der Waals surface area contributed by atoms with E-state index in [0.717, 1.165) is 5.56 Å². The monoisotopic (exact) mass is 333 g/mol. The summed E-state index contributed by atoms with van der Waals surface area (Å²) in [4.78, 5) is 10.6. The maximum absolute atomic E-state index is 10.6. The molecule has 0 heterocycles. The number of aliphatic carboxylic acids is 1. The number of carboxylic acids is 1. The number of carbonyl (C=O) groups is 1. The first-order valence-corrected chi connectivity index (χ1v) is 9.26. The molecule has 0 aliphatic heterocycles. The van der Waals surface area contributed by atoms with Crippen molar-refractivity contribution < 1.29 is 18.9 Å². The largest absolute Gasteiger partial charge is 0.481 e. The fourth-order valence-electron chi connectivity index (χ4n) is 1.94. The molecule has 23 heavy (non-hydrogen) atoms. The Bertz CT molecular complexity index is 698. The topological polar surface area (TPSA) is 68.1 Å². The molecule has 0 fully saturated rings. The van der Waals surface area contributed by atoms with Gasteiger partial charge in [0.2, 0.25) is 0 Å². The summed E-state index contributed by atoms with van der Waals surface area (Å²) in [6.45, 7) is 1.85. The second-order valence-electron chi connectivity index (χ2n) is 5.04. The second kappa shape index (κ2) is 7.84.